The van der Waals surface area contributed by atoms with Crippen LogP contribution in [0.1, 0.15) is 65.2 Å². The summed E-state index contributed by atoms with van der Waals surface area (Å²) in [7, 11) is 0. The van der Waals surface area contributed by atoms with Crippen molar-refractivity contribution >= 4 is 0 Å². The molecular formula is C12H25N. The van der Waals surface area contributed by atoms with Gasteiger partial charge in [0.1, 0.15) is 0 Å². The Balaban J connectivity index is 2.35. The second-order valence-electron chi connectivity index (χ2n) is 4.78. The summed E-state index contributed by atoms with van der Waals surface area (Å²) in [5.74, 6) is 0.929. The van der Waals surface area contributed by atoms with Gasteiger partial charge in [-0.05, 0) is 25.2 Å². The van der Waals surface area contributed by atoms with Crippen molar-refractivity contribution in [3.8, 4) is 0 Å². The van der Waals surface area contributed by atoms with E-state index in [1.54, 1.807) is 0 Å². The predicted octanol–water partition coefficient (Wildman–Crippen LogP) is 3.47. The molecule has 1 saturated carbocycles. The first-order valence-electron chi connectivity index (χ1n) is 5.99. The third-order valence-electron chi connectivity index (χ3n) is 3.83. The number of hydrogen-bond donors (Lipinski definition) is 1. The van der Waals surface area contributed by atoms with Crippen molar-refractivity contribution in [3.63, 3.8) is 0 Å². The second-order valence-corrected chi connectivity index (χ2v) is 4.78. The van der Waals surface area contributed by atoms with Gasteiger partial charge in [0.05, 0.1) is 0 Å². The van der Waals surface area contributed by atoms with Crippen molar-refractivity contribution in [1.82, 2.24) is 0 Å². The largest absolute Gasteiger partial charge is 0.325 e. The Bertz CT molecular complexity index is 132. The van der Waals surface area contributed by atoms with E-state index in [2.05, 4.69) is 13.8 Å². The first-order valence-corrected chi connectivity index (χ1v) is 5.99. The van der Waals surface area contributed by atoms with Crippen molar-refractivity contribution in [3.05, 3.63) is 0 Å². The highest BCUT2D eigenvalue weighted by Crippen LogP contribution is 2.32. The quantitative estimate of drug-likeness (QED) is 0.709. The van der Waals surface area contributed by atoms with Gasteiger partial charge in [-0.3, -0.25) is 0 Å². The van der Waals surface area contributed by atoms with Gasteiger partial charge in [0, 0.05) is 5.54 Å². The van der Waals surface area contributed by atoms with Crippen LogP contribution in [-0.4, -0.2) is 5.54 Å². The van der Waals surface area contributed by atoms with E-state index in [1.165, 1.54) is 38.5 Å². The second kappa shape index (κ2) is 4.99. The molecule has 0 atom stereocenters. The molecule has 0 heterocycles. The molecule has 1 nitrogen and oxygen atoms in total. The van der Waals surface area contributed by atoms with Crippen LogP contribution in [0.3, 0.4) is 0 Å². The van der Waals surface area contributed by atoms with Gasteiger partial charge < -0.3 is 5.73 Å². The highest BCUT2D eigenvalue weighted by molar-refractivity contribution is 4.84. The molecule has 13 heavy (non-hydrogen) atoms. The Morgan fingerprint density at radius 3 is 2.08 bits per heavy atom. The number of nitrogens with two attached hydrogens (primary N) is 1. The van der Waals surface area contributed by atoms with Crippen molar-refractivity contribution in [1.29, 1.82) is 0 Å². The Hall–Kier alpha value is -0.0400. The lowest BCUT2D eigenvalue weighted by molar-refractivity contribution is 0.246. The zero-order valence-corrected chi connectivity index (χ0v) is 9.31. The monoisotopic (exact) mass is 183 g/mol. The molecule has 0 aromatic heterocycles. The lowest BCUT2D eigenvalue weighted by Gasteiger charge is -2.33. The fourth-order valence-electron chi connectivity index (χ4n) is 2.50. The van der Waals surface area contributed by atoms with E-state index < -0.39 is 0 Å². The summed E-state index contributed by atoms with van der Waals surface area (Å²) in [4.78, 5) is 0. The smallest absolute Gasteiger partial charge is 0.0151 e. The van der Waals surface area contributed by atoms with Crippen molar-refractivity contribution in [2.45, 2.75) is 70.8 Å². The van der Waals surface area contributed by atoms with Gasteiger partial charge in [0.2, 0.25) is 0 Å². The Kier molecular flexibility index (Phi) is 4.24. The van der Waals surface area contributed by atoms with Gasteiger partial charge in [0.25, 0.3) is 0 Å². The maximum absolute atomic E-state index is 6.33. The molecule has 1 fully saturated rings. The Morgan fingerprint density at radius 1 is 1.08 bits per heavy atom. The summed E-state index contributed by atoms with van der Waals surface area (Å²) >= 11 is 0. The molecule has 0 radical (unpaired) electrons. The molecule has 1 heteroatoms. The average Bonchev–Trinajstić information content (AvgIpc) is 2.19. The average molecular weight is 183 g/mol. The van der Waals surface area contributed by atoms with E-state index in [0.717, 1.165) is 18.8 Å². The minimum atomic E-state index is 0.141. The molecular weight excluding hydrogens is 158 g/mol. The lowest BCUT2D eigenvalue weighted by atomic mass is 9.77. The van der Waals surface area contributed by atoms with E-state index in [1.807, 2.05) is 0 Å². The van der Waals surface area contributed by atoms with Crippen LogP contribution in [-0.2, 0) is 0 Å². The fourth-order valence-corrected chi connectivity index (χ4v) is 2.50. The number of rotatable bonds is 4. The van der Waals surface area contributed by atoms with Gasteiger partial charge in [0.15, 0.2) is 0 Å². The third-order valence-corrected chi connectivity index (χ3v) is 3.83. The first-order chi connectivity index (χ1) is 6.20. The summed E-state index contributed by atoms with van der Waals surface area (Å²) in [6, 6.07) is 0. The van der Waals surface area contributed by atoms with Gasteiger partial charge >= 0.3 is 0 Å². The van der Waals surface area contributed by atoms with E-state index >= 15 is 0 Å². The molecule has 1 aliphatic rings. The van der Waals surface area contributed by atoms with Crippen LogP contribution in [0.15, 0.2) is 0 Å². The SMILES string of the molecule is CCC(N)(CC)CC1CCCCC1. The fraction of sp³-hybridized carbons (Fsp3) is 1.00. The maximum atomic E-state index is 6.33. The van der Waals surface area contributed by atoms with Gasteiger partial charge in [-0.1, -0.05) is 46.0 Å². The molecule has 0 aromatic rings. The zero-order chi connectivity index (χ0) is 9.73. The van der Waals surface area contributed by atoms with E-state index in [-0.39, 0.29) is 5.54 Å². The van der Waals surface area contributed by atoms with Gasteiger partial charge in [-0.2, -0.15) is 0 Å². The minimum Gasteiger partial charge on any atom is -0.325 e. The molecule has 0 amide bonds. The first kappa shape index (κ1) is 11.0. The van der Waals surface area contributed by atoms with E-state index in [9.17, 15) is 0 Å². The standard InChI is InChI=1S/C12H25N/c1-3-12(13,4-2)10-11-8-6-5-7-9-11/h11H,3-10,13H2,1-2H3. The summed E-state index contributed by atoms with van der Waals surface area (Å²) in [6.45, 7) is 4.46. The van der Waals surface area contributed by atoms with Crippen LogP contribution in [0.5, 0.6) is 0 Å². The molecule has 0 aromatic carbocycles. The van der Waals surface area contributed by atoms with Crippen LogP contribution in [0, 0.1) is 5.92 Å². The normalized spacial score (nSPS) is 20.5. The highest BCUT2D eigenvalue weighted by Gasteiger charge is 2.25. The molecule has 0 spiro atoms. The molecule has 1 rings (SSSR count). The molecule has 0 aliphatic heterocycles. The Morgan fingerprint density at radius 2 is 1.62 bits per heavy atom. The van der Waals surface area contributed by atoms with Crippen LogP contribution in [0.4, 0.5) is 0 Å². The molecule has 0 bridgehead atoms. The molecule has 0 saturated heterocycles. The van der Waals surface area contributed by atoms with Gasteiger partial charge in [-0.25, -0.2) is 0 Å². The lowest BCUT2D eigenvalue weighted by Crippen LogP contribution is -2.40. The van der Waals surface area contributed by atoms with Crippen molar-refractivity contribution < 1.29 is 0 Å². The van der Waals surface area contributed by atoms with Gasteiger partial charge in [-0.15, -0.1) is 0 Å². The number of hydrogen-bond acceptors (Lipinski definition) is 1. The van der Waals surface area contributed by atoms with E-state index in [0.29, 0.717) is 0 Å². The molecule has 78 valence electrons. The zero-order valence-electron chi connectivity index (χ0n) is 9.31. The van der Waals surface area contributed by atoms with Crippen LogP contribution >= 0.6 is 0 Å². The Labute approximate surface area is 83.1 Å². The molecule has 2 N–H and O–H groups in total. The van der Waals surface area contributed by atoms with Crippen molar-refractivity contribution in [2.75, 3.05) is 0 Å². The third kappa shape index (κ3) is 3.30. The maximum Gasteiger partial charge on any atom is 0.0151 e. The predicted molar refractivity (Wildman–Crippen MR) is 58.7 cm³/mol. The summed E-state index contributed by atoms with van der Waals surface area (Å²) in [5.41, 5.74) is 6.47. The molecule has 0 unspecified atom stereocenters. The van der Waals surface area contributed by atoms with Crippen LogP contribution in [0.25, 0.3) is 0 Å². The summed E-state index contributed by atoms with van der Waals surface area (Å²) in [6.07, 6.45) is 10.7. The minimum absolute atomic E-state index is 0.141. The van der Waals surface area contributed by atoms with Crippen molar-refractivity contribution in [2.24, 2.45) is 11.7 Å². The van der Waals surface area contributed by atoms with E-state index in [4.69, 9.17) is 5.73 Å². The topological polar surface area (TPSA) is 26.0 Å². The summed E-state index contributed by atoms with van der Waals surface area (Å²) < 4.78 is 0. The highest BCUT2D eigenvalue weighted by atomic mass is 14.7. The van der Waals surface area contributed by atoms with Crippen LogP contribution < -0.4 is 5.73 Å². The van der Waals surface area contributed by atoms with Crippen LogP contribution in [0.2, 0.25) is 0 Å². The molecule has 1 aliphatic carbocycles. The summed E-state index contributed by atoms with van der Waals surface area (Å²) in [5, 5.41) is 0.